The van der Waals surface area contributed by atoms with Gasteiger partial charge in [-0.15, -0.1) is 0 Å². The van der Waals surface area contributed by atoms with Crippen LogP contribution in [0.3, 0.4) is 0 Å². The zero-order chi connectivity index (χ0) is 27.4. The average Bonchev–Trinajstić information content (AvgIpc) is 3.47. The summed E-state index contributed by atoms with van der Waals surface area (Å²) in [5.74, 6) is 0.165. The number of carbonyl (C=O) groups is 1. The molecule has 0 spiro atoms. The van der Waals surface area contributed by atoms with E-state index in [-0.39, 0.29) is 17.7 Å². The van der Waals surface area contributed by atoms with Gasteiger partial charge in [-0.25, -0.2) is 9.59 Å². The number of benzene rings is 2. The number of amides is 1. The van der Waals surface area contributed by atoms with Crippen LogP contribution in [0.1, 0.15) is 58.1 Å². The highest BCUT2D eigenvalue weighted by Gasteiger charge is 2.31. The maximum absolute atomic E-state index is 13.4. The van der Waals surface area contributed by atoms with Gasteiger partial charge < -0.3 is 9.64 Å². The van der Waals surface area contributed by atoms with Crippen molar-refractivity contribution in [2.75, 3.05) is 13.1 Å². The molecule has 0 saturated carbocycles. The third-order valence-electron chi connectivity index (χ3n) is 7.35. The van der Waals surface area contributed by atoms with E-state index in [0.29, 0.717) is 13.1 Å². The highest BCUT2D eigenvalue weighted by atomic mass is 16.6. The number of likely N-dealkylation sites (tertiary alicyclic amines) is 1. The first-order valence-corrected chi connectivity index (χ1v) is 12.9. The summed E-state index contributed by atoms with van der Waals surface area (Å²) in [6, 6.07) is 16.1. The van der Waals surface area contributed by atoms with Gasteiger partial charge in [-0.3, -0.25) is 14.1 Å². The fraction of sp³-hybridized carbons (Fsp3) is 0.400. The second-order valence-corrected chi connectivity index (χ2v) is 11.6. The van der Waals surface area contributed by atoms with E-state index in [1.165, 1.54) is 0 Å². The van der Waals surface area contributed by atoms with Crippen molar-refractivity contribution in [3.8, 4) is 11.8 Å². The first-order chi connectivity index (χ1) is 17.9. The van der Waals surface area contributed by atoms with Crippen molar-refractivity contribution in [2.45, 2.75) is 58.0 Å². The largest absolute Gasteiger partial charge is 0.444 e. The summed E-state index contributed by atoms with van der Waals surface area (Å²) >= 11 is 0. The highest BCUT2D eigenvalue weighted by Crippen LogP contribution is 2.33. The van der Waals surface area contributed by atoms with Crippen molar-refractivity contribution in [2.24, 2.45) is 7.05 Å². The van der Waals surface area contributed by atoms with Crippen molar-refractivity contribution in [1.29, 1.82) is 5.26 Å². The minimum absolute atomic E-state index is 0.163. The van der Waals surface area contributed by atoms with Crippen LogP contribution in [0.25, 0.3) is 27.6 Å². The zero-order valence-electron chi connectivity index (χ0n) is 22.8. The van der Waals surface area contributed by atoms with Crippen LogP contribution in [0.2, 0.25) is 0 Å². The number of aromatic nitrogens is 3. The van der Waals surface area contributed by atoms with E-state index in [4.69, 9.17) is 4.74 Å². The Morgan fingerprint density at radius 2 is 1.82 bits per heavy atom. The smallest absolute Gasteiger partial charge is 0.410 e. The van der Waals surface area contributed by atoms with E-state index >= 15 is 0 Å². The number of hydrogen-bond acceptors (Lipinski definition) is 5. The number of nitrogens with zero attached hydrogens (tertiary/aromatic N) is 5. The van der Waals surface area contributed by atoms with Crippen molar-refractivity contribution < 1.29 is 9.53 Å². The second-order valence-electron chi connectivity index (χ2n) is 11.6. The molecule has 1 aliphatic rings. The van der Waals surface area contributed by atoms with Gasteiger partial charge >= 0.3 is 11.8 Å². The van der Waals surface area contributed by atoms with E-state index in [0.717, 1.165) is 45.2 Å². The molecular formula is C30H33N5O3. The second kappa shape index (κ2) is 9.02. The third-order valence-corrected chi connectivity index (χ3v) is 7.35. The van der Waals surface area contributed by atoms with E-state index in [1.807, 2.05) is 65.0 Å². The number of ether oxygens (including phenoxy) is 1. The van der Waals surface area contributed by atoms with Gasteiger partial charge in [0.2, 0.25) is 0 Å². The lowest BCUT2D eigenvalue weighted by Crippen LogP contribution is -2.35. The molecule has 0 aliphatic carbocycles. The van der Waals surface area contributed by atoms with Crippen LogP contribution >= 0.6 is 0 Å². The van der Waals surface area contributed by atoms with Crippen LogP contribution in [-0.4, -0.2) is 43.8 Å². The van der Waals surface area contributed by atoms with Crippen LogP contribution < -0.4 is 5.69 Å². The van der Waals surface area contributed by atoms with Crippen molar-refractivity contribution in [1.82, 2.24) is 19.0 Å². The maximum Gasteiger partial charge on any atom is 0.410 e. The van der Waals surface area contributed by atoms with Crippen molar-refractivity contribution in [3.63, 3.8) is 0 Å². The molecule has 1 saturated heterocycles. The molecule has 1 aliphatic heterocycles. The number of fused-ring (bicyclic) bond motifs is 3. The summed E-state index contributed by atoms with van der Waals surface area (Å²) in [5, 5.41) is 10.4. The molecule has 1 atom stereocenters. The molecular weight excluding hydrogens is 478 g/mol. The molecule has 5 rings (SSSR count). The van der Waals surface area contributed by atoms with Gasteiger partial charge in [-0.05, 0) is 76.4 Å². The normalized spacial score (nSPS) is 16.2. The molecule has 0 bridgehead atoms. The zero-order valence-corrected chi connectivity index (χ0v) is 22.8. The molecule has 1 amide bonds. The van der Waals surface area contributed by atoms with Crippen LogP contribution in [0.15, 0.2) is 53.5 Å². The maximum atomic E-state index is 13.4. The summed E-state index contributed by atoms with van der Waals surface area (Å²) in [7, 11) is 1.75. The van der Waals surface area contributed by atoms with E-state index < -0.39 is 11.0 Å². The van der Waals surface area contributed by atoms with Crippen molar-refractivity contribution in [3.05, 3.63) is 70.3 Å². The third kappa shape index (κ3) is 4.43. The lowest BCUT2D eigenvalue weighted by Gasteiger charge is -2.24. The fourth-order valence-corrected chi connectivity index (χ4v) is 5.12. The number of hydrogen-bond donors (Lipinski definition) is 0. The first-order valence-electron chi connectivity index (χ1n) is 12.9. The Bertz CT molecular complexity index is 1650. The highest BCUT2D eigenvalue weighted by molar-refractivity contribution is 6.03. The summed E-state index contributed by atoms with van der Waals surface area (Å²) in [5.41, 5.74) is 3.73. The van der Waals surface area contributed by atoms with E-state index in [2.05, 4.69) is 23.2 Å². The molecule has 1 unspecified atom stereocenters. The van der Waals surface area contributed by atoms with Crippen LogP contribution in [-0.2, 0) is 17.2 Å². The van der Waals surface area contributed by atoms with Gasteiger partial charge in [0.25, 0.3) is 0 Å². The van der Waals surface area contributed by atoms with Crippen LogP contribution in [0.5, 0.6) is 0 Å². The van der Waals surface area contributed by atoms with Gasteiger partial charge in [0.05, 0.1) is 39.9 Å². The summed E-state index contributed by atoms with van der Waals surface area (Å²) in [6.45, 7) is 10.6. The Labute approximate surface area is 222 Å². The lowest BCUT2D eigenvalue weighted by atomic mass is 9.86. The molecule has 0 radical (unpaired) electrons. The Balaban J connectivity index is 1.58. The Hall–Kier alpha value is -4.12. The topological polar surface area (TPSA) is 93.2 Å². The number of pyridine rings is 1. The monoisotopic (exact) mass is 511 g/mol. The number of nitriles is 1. The van der Waals surface area contributed by atoms with E-state index in [9.17, 15) is 14.9 Å². The predicted octanol–water partition coefficient (Wildman–Crippen LogP) is 5.40. The van der Waals surface area contributed by atoms with Gasteiger partial charge in [0.15, 0.2) is 0 Å². The molecule has 38 heavy (non-hydrogen) atoms. The molecule has 1 fully saturated rings. The Morgan fingerprint density at radius 1 is 1.11 bits per heavy atom. The minimum Gasteiger partial charge on any atom is -0.444 e. The van der Waals surface area contributed by atoms with Crippen LogP contribution in [0, 0.1) is 11.3 Å². The molecule has 3 heterocycles. The fourth-order valence-electron chi connectivity index (χ4n) is 5.12. The molecule has 8 nitrogen and oxygen atoms in total. The summed E-state index contributed by atoms with van der Waals surface area (Å²) in [6.07, 6.45) is 2.29. The number of aryl methyl sites for hydroxylation is 1. The van der Waals surface area contributed by atoms with Crippen molar-refractivity contribution >= 4 is 28.0 Å². The van der Waals surface area contributed by atoms with E-state index in [1.54, 1.807) is 27.3 Å². The van der Waals surface area contributed by atoms with Gasteiger partial charge in [0, 0.05) is 31.4 Å². The molecule has 4 aromatic rings. The summed E-state index contributed by atoms with van der Waals surface area (Å²) < 4.78 is 8.90. The Kier molecular flexibility index (Phi) is 6.06. The number of imidazole rings is 1. The summed E-state index contributed by atoms with van der Waals surface area (Å²) in [4.78, 5) is 32.4. The quantitative estimate of drug-likeness (QED) is 0.367. The molecule has 0 N–H and O–H groups in total. The molecule has 2 aromatic heterocycles. The molecule has 2 aromatic carbocycles. The SMILES string of the molecule is Cn1c(=O)n(-c2ccc(C(C)(C)C#N)cc2)c2c3cc(C4CCN(C(=O)OC(C)(C)C)C4)ccc3ncc21. The molecule has 8 heteroatoms. The lowest BCUT2D eigenvalue weighted by molar-refractivity contribution is 0.0292. The first kappa shape index (κ1) is 25.5. The average molecular weight is 512 g/mol. The minimum atomic E-state index is -0.623. The Morgan fingerprint density at radius 3 is 2.47 bits per heavy atom. The standard InChI is InChI=1S/C30H33N5O3/c1-29(2,3)38-28(37)34-14-13-20(17-34)19-7-12-24-23(15-19)26-25(16-32-24)33(6)27(36)35(26)22-10-8-21(9-11-22)30(4,5)18-31/h7-12,15-16,20H,13-14,17H2,1-6H3. The van der Waals surface area contributed by atoms with Crippen LogP contribution in [0.4, 0.5) is 4.79 Å². The number of carbonyl (C=O) groups excluding carboxylic acids is 1. The van der Waals surface area contributed by atoms with Gasteiger partial charge in [-0.1, -0.05) is 18.2 Å². The van der Waals surface area contributed by atoms with Gasteiger partial charge in [0.1, 0.15) is 5.60 Å². The number of rotatable bonds is 3. The van der Waals surface area contributed by atoms with Gasteiger partial charge in [-0.2, -0.15) is 5.26 Å². The predicted molar refractivity (Wildman–Crippen MR) is 148 cm³/mol. The molecule has 196 valence electrons.